The first-order chi connectivity index (χ1) is 15.6. The second kappa shape index (κ2) is 10.4. The Morgan fingerprint density at radius 2 is 1.88 bits per heavy atom. The van der Waals surface area contributed by atoms with Crippen molar-refractivity contribution in [2.45, 2.75) is 51.1 Å². The summed E-state index contributed by atoms with van der Waals surface area (Å²) in [5.74, 6) is 0.267. The fraction of sp³-hybridized carbons (Fsp3) is 0.417. The Kier molecular flexibility index (Phi) is 7.76. The molecule has 0 saturated carbocycles. The first-order valence-electron chi connectivity index (χ1n) is 11.0. The smallest absolute Gasteiger partial charge is 0.241 e. The van der Waals surface area contributed by atoms with E-state index in [1.807, 2.05) is 32.0 Å². The van der Waals surface area contributed by atoms with Crippen molar-refractivity contribution in [2.75, 3.05) is 18.6 Å². The summed E-state index contributed by atoms with van der Waals surface area (Å²) in [5.41, 5.74) is 2.33. The number of fused-ring (bicyclic) bond motifs is 1. The van der Waals surface area contributed by atoms with Crippen LogP contribution in [0, 0.1) is 5.92 Å². The predicted octanol–water partition coefficient (Wildman–Crippen LogP) is 2.61. The van der Waals surface area contributed by atoms with Gasteiger partial charge in [-0.3, -0.25) is 9.59 Å². The minimum Gasteiger partial charge on any atom is -0.496 e. The zero-order chi connectivity index (χ0) is 24.2. The second-order valence-corrected chi connectivity index (χ2v) is 10.3. The Balaban J connectivity index is 1.76. The Hall–Kier alpha value is -2.91. The van der Waals surface area contributed by atoms with Crippen LogP contribution in [0.2, 0.25) is 0 Å². The fourth-order valence-corrected chi connectivity index (χ4v) is 5.22. The predicted molar refractivity (Wildman–Crippen MR) is 127 cm³/mol. The number of carbonyl (C=O) groups excluding carboxylic acids is 2. The average molecular weight is 474 g/mol. The molecule has 178 valence electrons. The summed E-state index contributed by atoms with van der Waals surface area (Å²) in [4.78, 5) is 26.4. The monoisotopic (exact) mass is 473 g/mol. The minimum atomic E-state index is -3.94. The number of methoxy groups -OCH3 is 1. The van der Waals surface area contributed by atoms with Crippen molar-refractivity contribution >= 4 is 27.5 Å². The largest absolute Gasteiger partial charge is 0.496 e. The van der Waals surface area contributed by atoms with Crippen LogP contribution >= 0.6 is 0 Å². The van der Waals surface area contributed by atoms with E-state index in [0.717, 1.165) is 16.8 Å². The third-order valence-electron chi connectivity index (χ3n) is 5.60. The number of hydrogen-bond donors (Lipinski definition) is 2. The molecule has 2 aromatic carbocycles. The van der Waals surface area contributed by atoms with Gasteiger partial charge in [-0.25, -0.2) is 8.42 Å². The molecule has 3 rings (SSSR count). The third kappa shape index (κ3) is 5.91. The molecule has 1 aliphatic heterocycles. The molecule has 0 aromatic heterocycles. The van der Waals surface area contributed by atoms with Crippen molar-refractivity contribution in [3.8, 4) is 5.75 Å². The van der Waals surface area contributed by atoms with Gasteiger partial charge in [-0.1, -0.05) is 32.0 Å². The lowest BCUT2D eigenvalue weighted by atomic mass is 10.0. The van der Waals surface area contributed by atoms with Gasteiger partial charge in [0.05, 0.1) is 12.0 Å². The number of nitrogens with one attached hydrogen (secondary N) is 2. The molecule has 0 aliphatic carbocycles. The van der Waals surface area contributed by atoms with Crippen LogP contribution in [0.4, 0.5) is 5.69 Å². The number of benzene rings is 2. The summed E-state index contributed by atoms with van der Waals surface area (Å²) < 4.78 is 34.1. The van der Waals surface area contributed by atoms with E-state index in [2.05, 4.69) is 10.0 Å². The highest BCUT2D eigenvalue weighted by Gasteiger charge is 2.29. The third-order valence-corrected chi connectivity index (χ3v) is 7.07. The lowest BCUT2D eigenvalue weighted by Crippen LogP contribution is -2.47. The SMILES string of the molecule is COc1ccccc1CNC(=O)[C@H](CC(C)C)NS(=O)(=O)c1ccc2c(c1)CCN2C(C)=O. The normalized spacial score (nSPS) is 14.2. The quantitative estimate of drug-likeness (QED) is 0.583. The first kappa shape index (κ1) is 24.7. The molecule has 2 aromatic rings. The number of rotatable bonds is 9. The Bertz CT molecular complexity index is 1130. The van der Waals surface area contributed by atoms with Gasteiger partial charge in [0.1, 0.15) is 11.8 Å². The van der Waals surface area contributed by atoms with Gasteiger partial charge < -0.3 is 15.0 Å². The van der Waals surface area contributed by atoms with Crippen molar-refractivity contribution in [1.29, 1.82) is 0 Å². The summed E-state index contributed by atoms with van der Waals surface area (Å²) in [6.07, 6.45) is 0.938. The number of amides is 2. The number of ether oxygens (including phenoxy) is 1. The van der Waals surface area contributed by atoms with Gasteiger partial charge in [-0.2, -0.15) is 4.72 Å². The zero-order valence-corrected chi connectivity index (χ0v) is 20.2. The highest BCUT2D eigenvalue weighted by molar-refractivity contribution is 7.89. The fourth-order valence-electron chi connectivity index (χ4n) is 3.96. The van der Waals surface area contributed by atoms with Gasteiger partial charge >= 0.3 is 0 Å². The van der Waals surface area contributed by atoms with Crippen LogP contribution in [0.3, 0.4) is 0 Å². The summed E-state index contributed by atoms with van der Waals surface area (Å²) in [5, 5.41) is 2.82. The van der Waals surface area contributed by atoms with E-state index in [1.165, 1.54) is 13.0 Å². The van der Waals surface area contributed by atoms with Gasteiger partial charge in [0, 0.05) is 31.3 Å². The summed E-state index contributed by atoms with van der Waals surface area (Å²) in [6.45, 7) is 6.10. The molecule has 8 nitrogen and oxygen atoms in total. The molecule has 33 heavy (non-hydrogen) atoms. The maximum Gasteiger partial charge on any atom is 0.241 e. The van der Waals surface area contributed by atoms with E-state index in [-0.39, 0.29) is 23.3 Å². The van der Waals surface area contributed by atoms with Gasteiger partial charge in [0.25, 0.3) is 0 Å². The molecule has 1 atom stereocenters. The number of hydrogen-bond acceptors (Lipinski definition) is 5. The van der Waals surface area contributed by atoms with Crippen LogP contribution in [0.15, 0.2) is 47.4 Å². The number of para-hydroxylation sites is 1. The second-order valence-electron chi connectivity index (χ2n) is 8.54. The lowest BCUT2D eigenvalue weighted by molar-refractivity contribution is -0.123. The van der Waals surface area contributed by atoms with E-state index in [1.54, 1.807) is 30.2 Å². The molecule has 0 saturated heterocycles. The molecular weight excluding hydrogens is 442 g/mol. The van der Waals surface area contributed by atoms with Gasteiger partial charge in [0.15, 0.2) is 0 Å². The topological polar surface area (TPSA) is 105 Å². The van der Waals surface area contributed by atoms with Crippen molar-refractivity contribution < 1.29 is 22.7 Å². The molecular formula is C24H31N3O5S. The minimum absolute atomic E-state index is 0.0776. The maximum atomic E-state index is 13.1. The molecule has 9 heteroatoms. The highest BCUT2D eigenvalue weighted by Crippen LogP contribution is 2.30. The van der Waals surface area contributed by atoms with Crippen molar-refractivity contribution in [3.05, 3.63) is 53.6 Å². The molecule has 1 aliphatic rings. The summed E-state index contributed by atoms with van der Waals surface area (Å²) in [6, 6.07) is 11.1. The average Bonchev–Trinajstić information content (AvgIpc) is 3.20. The van der Waals surface area contributed by atoms with Crippen LogP contribution in [0.1, 0.15) is 38.3 Å². The van der Waals surface area contributed by atoms with Gasteiger partial charge in [-0.05, 0) is 48.6 Å². The van der Waals surface area contributed by atoms with E-state index < -0.39 is 22.0 Å². The maximum absolute atomic E-state index is 13.1. The van der Waals surface area contributed by atoms with E-state index >= 15 is 0 Å². The molecule has 1 heterocycles. The Morgan fingerprint density at radius 3 is 2.55 bits per heavy atom. The van der Waals surface area contributed by atoms with E-state index in [9.17, 15) is 18.0 Å². The Labute approximate surface area is 195 Å². The van der Waals surface area contributed by atoms with Crippen molar-refractivity contribution in [1.82, 2.24) is 10.0 Å². The van der Waals surface area contributed by atoms with Crippen LogP contribution in [0.5, 0.6) is 5.75 Å². The number of sulfonamides is 1. The molecule has 0 spiro atoms. The standard InChI is InChI=1S/C24H31N3O5S/c1-16(2)13-21(24(29)25-15-19-7-5-6-8-23(19)32-4)26-33(30,31)20-9-10-22-18(14-20)11-12-27(22)17(3)28/h5-10,14,16,21,26H,11-13,15H2,1-4H3,(H,25,29)/t21-/m0/s1. The highest BCUT2D eigenvalue weighted by atomic mass is 32.2. The zero-order valence-electron chi connectivity index (χ0n) is 19.4. The van der Waals surface area contributed by atoms with Gasteiger partial charge in [-0.15, -0.1) is 0 Å². The van der Waals surface area contributed by atoms with Gasteiger partial charge in [0.2, 0.25) is 21.8 Å². The van der Waals surface area contributed by atoms with Crippen LogP contribution in [-0.2, 0) is 32.6 Å². The van der Waals surface area contributed by atoms with Crippen LogP contribution in [0.25, 0.3) is 0 Å². The van der Waals surface area contributed by atoms with E-state index in [0.29, 0.717) is 25.1 Å². The molecule has 0 radical (unpaired) electrons. The Morgan fingerprint density at radius 1 is 1.15 bits per heavy atom. The molecule has 0 fully saturated rings. The number of anilines is 1. The number of nitrogens with zero attached hydrogens (tertiary/aromatic N) is 1. The molecule has 0 unspecified atom stereocenters. The lowest BCUT2D eigenvalue weighted by Gasteiger charge is -2.21. The first-order valence-corrected chi connectivity index (χ1v) is 12.4. The van der Waals surface area contributed by atoms with E-state index in [4.69, 9.17) is 4.74 Å². The number of carbonyl (C=O) groups is 2. The van der Waals surface area contributed by atoms with Crippen LogP contribution in [-0.4, -0.2) is 39.9 Å². The summed E-state index contributed by atoms with van der Waals surface area (Å²) in [7, 11) is -2.39. The summed E-state index contributed by atoms with van der Waals surface area (Å²) >= 11 is 0. The molecule has 2 N–H and O–H groups in total. The van der Waals surface area contributed by atoms with Crippen molar-refractivity contribution in [2.24, 2.45) is 5.92 Å². The van der Waals surface area contributed by atoms with Crippen molar-refractivity contribution in [3.63, 3.8) is 0 Å². The van der Waals surface area contributed by atoms with Crippen LogP contribution < -0.4 is 19.7 Å². The molecule has 0 bridgehead atoms. The molecule has 2 amide bonds.